The van der Waals surface area contributed by atoms with E-state index in [-0.39, 0.29) is 49.3 Å². The number of fused-ring (bicyclic) bond motifs is 1. The van der Waals surface area contributed by atoms with E-state index in [1.165, 1.54) is 6.20 Å². The van der Waals surface area contributed by atoms with Gasteiger partial charge < -0.3 is 20.1 Å². The molecule has 2 aliphatic heterocycles. The molecule has 4 heterocycles. The van der Waals surface area contributed by atoms with Crippen molar-refractivity contribution in [2.75, 3.05) is 13.2 Å². The molecule has 0 spiro atoms. The highest BCUT2D eigenvalue weighted by Crippen LogP contribution is 2.46. The standard InChI is InChI=1S/C28H32F8N6O4/c29-24(7-8-24)22(44)40-20(15-1-4-26(30,31)5-2-15)17-13-42-23(39-17)38-16(12-37-42)18-11-25(45,28(34,35)36)9-10-41(18)21(43)19-3-6-27(32,33)14-46-19/h12-13,15,18-20,45H,1-11,14H2,(H,40,44)/t18-,19-,20-,25+/m0/s1. The van der Waals surface area contributed by atoms with Crippen LogP contribution < -0.4 is 5.32 Å². The lowest BCUT2D eigenvalue weighted by atomic mass is 9.81. The fourth-order valence-electron chi connectivity index (χ4n) is 6.43. The van der Waals surface area contributed by atoms with Crippen LogP contribution in [0.4, 0.5) is 35.1 Å². The van der Waals surface area contributed by atoms with Gasteiger partial charge in [0.1, 0.15) is 12.7 Å². The first kappa shape index (κ1) is 32.8. The summed E-state index contributed by atoms with van der Waals surface area (Å²) < 4.78 is 118. The first-order valence-electron chi connectivity index (χ1n) is 15.1. The Balaban J connectivity index is 1.31. The highest BCUT2D eigenvalue weighted by molar-refractivity contribution is 5.88. The molecule has 0 aromatic carbocycles. The summed E-state index contributed by atoms with van der Waals surface area (Å²) in [5.41, 5.74) is -5.35. The summed E-state index contributed by atoms with van der Waals surface area (Å²) in [6, 6.07) is -2.50. The highest BCUT2D eigenvalue weighted by atomic mass is 19.4. The first-order chi connectivity index (χ1) is 21.4. The Morgan fingerprint density at radius 2 is 1.65 bits per heavy atom. The van der Waals surface area contributed by atoms with Crippen LogP contribution in [0.15, 0.2) is 12.4 Å². The number of likely N-dealkylation sites (tertiary alicyclic amines) is 1. The van der Waals surface area contributed by atoms with E-state index in [0.717, 1.165) is 15.6 Å². The van der Waals surface area contributed by atoms with Crippen molar-refractivity contribution in [3.05, 3.63) is 23.8 Å². The van der Waals surface area contributed by atoms with E-state index in [2.05, 4.69) is 20.4 Å². The number of piperidine rings is 1. The molecule has 18 heteroatoms. The number of aromatic nitrogens is 4. The number of imidazole rings is 1. The van der Waals surface area contributed by atoms with Gasteiger partial charge in [0, 0.05) is 38.6 Å². The van der Waals surface area contributed by atoms with E-state index in [4.69, 9.17) is 4.74 Å². The summed E-state index contributed by atoms with van der Waals surface area (Å²) in [6.07, 6.45) is -7.80. The van der Waals surface area contributed by atoms with Crippen molar-refractivity contribution in [1.82, 2.24) is 29.8 Å². The fraction of sp³-hybridized carbons (Fsp3) is 0.750. The molecule has 2 saturated carbocycles. The second-order valence-electron chi connectivity index (χ2n) is 12.9. The number of carbonyl (C=O) groups is 2. The van der Waals surface area contributed by atoms with Crippen LogP contribution in [-0.4, -0.2) is 89.9 Å². The zero-order valence-corrected chi connectivity index (χ0v) is 24.4. The van der Waals surface area contributed by atoms with Gasteiger partial charge in [0.25, 0.3) is 23.5 Å². The predicted octanol–water partition coefficient (Wildman–Crippen LogP) is 4.38. The van der Waals surface area contributed by atoms with Crippen molar-refractivity contribution in [2.24, 2.45) is 5.92 Å². The van der Waals surface area contributed by atoms with Crippen LogP contribution in [0.5, 0.6) is 0 Å². The van der Waals surface area contributed by atoms with Gasteiger partial charge in [0.05, 0.1) is 35.9 Å². The number of nitrogens with one attached hydrogen (secondary N) is 1. The quantitative estimate of drug-likeness (QED) is 0.439. The van der Waals surface area contributed by atoms with Gasteiger partial charge >= 0.3 is 6.18 Å². The predicted molar refractivity (Wildman–Crippen MR) is 140 cm³/mol. The minimum Gasteiger partial charge on any atom is -0.380 e. The molecule has 0 unspecified atom stereocenters. The number of rotatable bonds is 6. The van der Waals surface area contributed by atoms with E-state index in [1.54, 1.807) is 0 Å². The number of carbonyl (C=O) groups excluding carboxylic acids is 2. The maximum absolute atomic E-state index is 14.6. The Morgan fingerprint density at radius 3 is 2.26 bits per heavy atom. The monoisotopic (exact) mass is 668 g/mol. The molecule has 2 aromatic rings. The Kier molecular flexibility index (Phi) is 8.00. The van der Waals surface area contributed by atoms with E-state index in [1.807, 2.05) is 0 Å². The van der Waals surface area contributed by atoms with Gasteiger partial charge in [-0.1, -0.05) is 0 Å². The summed E-state index contributed by atoms with van der Waals surface area (Å²) in [4.78, 5) is 35.7. The maximum atomic E-state index is 14.6. The number of ether oxygens (including phenoxy) is 1. The number of nitrogens with zero attached hydrogens (tertiary/aromatic N) is 5. The van der Waals surface area contributed by atoms with Crippen LogP contribution >= 0.6 is 0 Å². The van der Waals surface area contributed by atoms with Gasteiger partial charge in [-0.05, 0) is 38.0 Å². The average molecular weight is 669 g/mol. The van der Waals surface area contributed by atoms with Crippen molar-refractivity contribution in [2.45, 2.75) is 112 Å². The van der Waals surface area contributed by atoms with Gasteiger partial charge in [-0.25, -0.2) is 36.4 Å². The number of hydrogen-bond donors (Lipinski definition) is 2. The molecule has 2 aliphatic carbocycles. The number of alkyl halides is 8. The van der Waals surface area contributed by atoms with E-state index in [9.17, 15) is 49.8 Å². The zero-order valence-electron chi connectivity index (χ0n) is 24.4. The molecule has 4 fully saturated rings. The van der Waals surface area contributed by atoms with E-state index < -0.39 is 110 Å². The third-order valence-corrected chi connectivity index (χ3v) is 9.54. The lowest BCUT2D eigenvalue weighted by Crippen LogP contribution is -2.57. The molecule has 2 N–H and O–H groups in total. The SMILES string of the molecule is O=C([C@@H]1CCC(F)(F)CO1)N1CC[C@](O)(C(F)(F)F)C[C@H]1c1cnn2cc([C@@H](NC(=O)C3(F)CC3)C3CCC(F)(F)CC3)nc2n1. The summed E-state index contributed by atoms with van der Waals surface area (Å²) in [7, 11) is 0. The van der Waals surface area contributed by atoms with E-state index >= 15 is 0 Å². The largest absolute Gasteiger partial charge is 0.417 e. The van der Waals surface area contributed by atoms with Crippen molar-refractivity contribution in [3.63, 3.8) is 0 Å². The molecule has 0 bridgehead atoms. The minimum absolute atomic E-state index is 0.00154. The average Bonchev–Trinajstić information content (AvgIpc) is 3.60. The summed E-state index contributed by atoms with van der Waals surface area (Å²) in [6.45, 7) is -1.62. The number of hydrogen-bond acceptors (Lipinski definition) is 7. The molecule has 4 aliphatic rings. The number of aliphatic hydroxyl groups is 1. The molecule has 46 heavy (non-hydrogen) atoms. The first-order valence-corrected chi connectivity index (χ1v) is 15.1. The summed E-state index contributed by atoms with van der Waals surface area (Å²) in [5.74, 6) is -8.50. The van der Waals surface area contributed by atoms with Crippen LogP contribution in [-0.2, 0) is 14.3 Å². The van der Waals surface area contributed by atoms with Gasteiger partial charge in [-0.3, -0.25) is 9.59 Å². The topological polar surface area (TPSA) is 122 Å². The lowest BCUT2D eigenvalue weighted by molar-refractivity contribution is -0.278. The van der Waals surface area contributed by atoms with Crippen molar-refractivity contribution >= 4 is 17.6 Å². The molecule has 2 saturated heterocycles. The van der Waals surface area contributed by atoms with Crippen LogP contribution in [0, 0.1) is 5.92 Å². The van der Waals surface area contributed by atoms with Gasteiger partial charge in [-0.15, -0.1) is 0 Å². The highest BCUT2D eigenvalue weighted by Gasteiger charge is 2.58. The van der Waals surface area contributed by atoms with Crippen molar-refractivity contribution in [1.29, 1.82) is 0 Å². The summed E-state index contributed by atoms with van der Waals surface area (Å²) in [5, 5.41) is 17.3. The molecule has 4 atom stereocenters. The molecular formula is C28H32F8N6O4. The van der Waals surface area contributed by atoms with Gasteiger partial charge in [-0.2, -0.15) is 18.3 Å². The number of halogens is 8. The molecule has 254 valence electrons. The lowest BCUT2D eigenvalue weighted by Gasteiger charge is -2.45. The van der Waals surface area contributed by atoms with Gasteiger partial charge in [0.15, 0.2) is 11.3 Å². The fourth-order valence-corrected chi connectivity index (χ4v) is 6.43. The van der Waals surface area contributed by atoms with Crippen LogP contribution in [0.3, 0.4) is 0 Å². The van der Waals surface area contributed by atoms with Crippen LogP contribution in [0.1, 0.15) is 87.7 Å². The Hall–Kier alpha value is -3.15. The Labute approximate surface area is 256 Å². The second-order valence-corrected chi connectivity index (χ2v) is 12.9. The smallest absolute Gasteiger partial charge is 0.380 e. The second kappa shape index (κ2) is 11.2. The third-order valence-electron chi connectivity index (χ3n) is 9.54. The zero-order chi connectivity index (χ0) is 33.3. The third kappa shape index (κ3) is 6.38. The normalized spacial score (nSPS) is 30.2. The van der Waals surface area contributed by atoms with Crippen LogP contribution in [0.25, 0.3) is 5.78 Å². The molecule has 10 nitrogen and oxygen atoms in total. The maximum Gasteiger partial charge on any atom is 0.417 e. The molecule has 0 radical (unpaired) electrons. The Bertz CT molecular complexity index is 1480. The van der Waals surface area contributed by atoms with E-state index in [0.29, 0.717) is 0 Å². The van der Waals surface area contributed by atoms with Crippen molar-refractivity contribution in [3.8, 4) is 0 Å². The summed E-state index contributed by atoms with van der Waals surface area (Å²) >= 11 is 0. The molecule has 6 rings (SSSR count). The Morgan fingerprint density at radius 1 is 0.978 bits per heavy atom. The molecule has 2 amide bonds. The van der Waals surface area contributed by atoms with Crippen LogP contribution in [0.2, 0.25) is 0 Å². The van der Waals surface area contributed by atoms with Gasteiger partial charge in [0.2, 0.25) is 5.92 Å². The number of amides is 2. The van der Waals surface area contributed by atoms with Crippen molar-refractivity contribution < 1.29 is 54.6 Å². The minimum atomic E-state index is -5.07. The molecule has 2 aromatic heterocycles. The molecular weight excluding hydrogens is 636 g/mol.